The number of Topliss-reactive ketones (excluding diaryl/α,β-unsaturated/α-hetero) is 4. The SMILES string of the molecule is CC.CC.CC.CC.CC.CC.CC.CC.CC.CC.CC(C)(C(=O)c1cccc(-c2ccc(-c3ccc(CP)c(CP)c3)cc2)c1)N1CCOCC1.CC(C)(C(=O)c1cccc(-c2ccc(CP)c(CP)c2)c1)N1CCOCC1.CC(C)(O)C(=O)c1cccc(-c2ccc(-c3ccc(CP)c(CP)c3)cc2)c1.CC(C)(O)C(=O)c1cccc(-c2ccc(CP)c(CP)c2)c1. The van der Waals surface area contributed by atoms with E-state index < -0.39 is 22.3 Å². The highest BCUT2D eigenvalue weighted by Gasteiger charge is 2.38. The van der Waals surface area contributed by atoms with Gasteiger partial charge in [0.25, 0.3) is 0 Å². The summed E-state index contributed by atoms with van der Waals surface area (Å²) in [6.45, 7) is 60.1. The van der Waals surface area contributed by atoms with E-state index in [9.17, 15) is 29.4 Å². The minimum Gasteiger partial charge on any atom is -0.382 e. The second-order valence-electron chi connectivity index (χ2n) is 29.8. The Kier molecular flexibility index (Phi) is 67.7. The maximum absolute atomic E-state index is 13.4. The lowest BCUT2D eigenvalue weighted by Gasteiger charge is -2.39. The molecule has 2 saturated heterocycles. The number of nitrogens with zero attached hydrogens (tertiary/aromatic N) is 2. The molecule has 0 bridgehead atoms. The van der Waals surface area contributed by atoms with Gasteiger partial charge in [0.1, 0.15) is 11.2 Å². The molecule has 0 saturated carbocycles. The minimum atomic E-state index is -1.37. The second-order valence-corrected chi connectivity index (χ2v) is 33.1. The van der Waals surface area contributed by atoms with E-state index in [4.69, 9.17) is 9.47 Å². The van der Waals surface area contributed by atoms with Crippen molar-refractivity contribution in [2.75, 3.05) is 52.6 Å². The molecule has 10 aromatic rings. The van der Waals surface area contributed by atoms with E-state index in [1.807, 2.05) is 239 Å². The normalized spacial score (nSPS) is 11.9. The summed E-state index contributed by atoms with van der Waals surface area (Å²) in [5.74, 6) is -0.214. The lowest BCUT2D eigenvalue weighted by molar-refractivity contribution is -0.00442. The fraction of sp³-hybridized carbons (Fsp3) is 0.429. The third kappa shape index (κ3) is 39.1. The number of hydrogen-bond donors (Lipinski definition) is 2. The number of ether oxygens (including phenoxy) is 2. The third-order valence-electron chi connectivity index (χ3n) is 20.7. The molecule has 8 atom stereocenters. The number of aliphatic hydroxyl groups is 2. The van der Waals surface area contributed by atoms with Crippen LogP contribution in [0.4, 0.5) is 0 Å². The van der Waals surface area contributed by atoms with E-state index in [0.717, 1.165) is 131 Å². The fourth-order valence-electron chi connectivity index (χ4n) is 13.8. The molecule has 0 spiro atoms. The Hall–Kier alpha value is -5.92. The van der Waals surface area contributed by atoms with Crippen LogP contribution in [0.2, 0.25) is 0 Å². The molecule has 18 heteroatoms. The Bertz CT molecular complexity index is 4810. The maximum Gasteiger partial charge on any atom is 0.193 e. The number of ketones is 4. The van der Waals surface area contributed by atoms with Crippen molar-refractivity contribution in [1.29, 1.82) is 0 Å². The number of carbonyl (C=O) groups is 4. The highest BCUT2D eigenvalue weighted by Crippen LogP contribution is 2.35. The second kappa shape index (κ2) is 69.8. The first-order chi connectivity index (χ1) is 62.6. The lowest BCUT2D eigenvalue weighted by Crippen LogP contribution is -2.54. The molecule has 0 aromatic heterocycles. The number of carbonyl (C=O) groups excluding carboxylic acids is 4. The van der Waals surface area contributed by atoms with E-state index in [2.05, 4.69) is 217 Å². The van der Waals surface area contributed by atoms with Crippen molar-refractivity contribution in [3.8, 4) is 66.8 Å². The van der Waals surface area contributed by atoms with Crippen LogP contribution in [0.1, 0.15) is 280 Å². The quantitative estimate of drug-likeness (QED) is 0.0445. The van der Waals surface area contributed by atoms with Gasteiger partial charge in [-0.3, -0.25) is 29.0 Å². The van der Waals surface area contributed by atoms with Crippen LogP contribution in [-0.4, -0.2) is 118 Å². The first-order valence-electron chi connectivity index (χ1n) is 47.6. The summed E-state index contributed by atoms with van der Waals surface area (Å²) in [5, 5.41) is 19.9. The molecule has 8 unspecified atom stereocenters. The molecule has 716 valence electrons. The molecule has 0 radical (unpaired) electrons. The monoisotopic (exact) mass is 1920 g/mol. The van der Waals surface area contributed by atoms with Gasteiger partial charge in [0.15, 0.2) is 23.1 Å². The van der Waals surface area contributed by atoms with E-state index >= 15 is 0 Å². The number of morpholine rings is 2. The van der Waals surface area contributed by atoms with E-state index in [1.165, 1.54) is 94.5 Å². The van der Waals surface area contributed by atoms with Crippen molar-refractivity contribution in [3.05, 3.63) is 285 Å². The zero-order valence-corrected chi connectivity index (χ0v) is 94.2. The summed E-state index contributed by atoms with van der Waals surface area (Å²) < 4.78 is 10.9. The summed E-state index contributed by atoms with van der Waals surface area (Å²) in [5.41, 5.74) is 22.8. The van der Waals surface area contributed by atoms with Crippen molar-refractivity contribution in [1.82, 2.24) is 9.80 Å². The highest BCUT2D eigenvalue weighted by atomic mass is 31.0. The molecule has 2 heterocycles. The lowest BCUT2D eigenvalue weighted by atomic mass is 9.89. The predicted molar refractivity (Wildman–Crippen MR) is 602 cm³/mol. The topological polar surface area (TPSA) is 134 Å². The number of hydrogen-bond acceptors (Lipinski definition) is 10. The molecule has 2 N–H and O–H groups in total. The fourth-order valence-corrected chi connectivity index (χ4v) is 16.9. The molecule has 10 nitrogen and oxygen atoms in total. The van der Waals surface area contributed by atoms with E-state index in [1.54, 1.807) is 12.1 Å². The third-order valence-corrected chi connectivity index (χ3v) is 24.2. The van der Waals surface area contributed by atoms with Crippen LogP contribution in [0.25, 0.3) is 66.8 Å². The standard InChI is InChI=1S/C28H33NO2P2.C24H26O2P2.C22H29NO2P2.C18H22O2P2.10C2H6/c1-28(2,29-12-14-31-15-13-29)27(30)24-5-3-4-22(16-24)20-6-8-21(9-7-20)23-10-11-25(18-32)26(17-23)19-33;1-24(2,26)23(25)20-5-3-4-18(12-20)16-6-8-17(9-7-16)19-10-11-21(14-27)22(13-19)15-28;1-22(2,23-8-10-25-11-9-23)21(24)18-5-3-4-16(12-18)17-6-7-19(14-26)20(13-17)15-27;1-18(2,20)17(19)14-5-3-4-12(8-14)13-6-7-15(10-21)16(9-13)11-22;10*1-2/h3-11,16-17H,12-15,18-19,32-33H2,1-2H3;3-13,26H,14-15,27-28H2,1-2H3;3-7,12-13H,8-11,14-15,26-27H2,1-2H3;3-9,20H,10-11,21-22H2,1-2H3;10*1-2H3. The smallest absolute Gasteiger partial charge is 0.193 e. The van der Waals surface area contributed by atoms with Gasteiger partial charge in [-0.2, -0.15) is 0 Å². The van der Waals surface area contributed by atoms with Gasteiger partial charge in [-0.05, 0) is 240 Å². The summed E-state index contributed by atoms with van der Waals surface area (Å²) in [7, 11) is 22.4. The average molecular weight is 1920 g/mol. The first kappa shape index (κ1) is 126. The highest BCUT2D eigenvalue weighted by molar-refractivity contribution is 7.17. The zero-order chi connectivity index (χ0) is 99.5. The van der Waals surface area contributed by atoms with Gasteiger partial charge in [0, 0.05) is 48.4 Å². The molecule has 2 aliphatic heterocycles. The molecule has 2 fully saturated rings. The van der Waals surface area contributed by atoms with Crippen LogP contribution in [0.3, 0.4) is 0 Å². The summed E-state index contributed by atoms with van der Waals surface area (Å²) in [6, 6.07) is 74.2. The maximum atomic E-state index is 13.4. The van der Waals surface area contributed by atoms with E-state index in [0.29, 0.717) is 37.6 Å². The Morgan fingerprint density at radius 2 is 0.400 bits per heavy atom. The number of benzene rings is 10. The van der Waals surface area contributed by atoms with Crippen LogP contribution in [0.5, 0.6) is 0 Å². The molecule has 12 rings (SSSR count). The van der Waals surface area contributed by atoms with Crippen LogP contribution < -0.4 is 0 Å². The zero-order valence-electron chi connectivity index (χ0n) is 85.0. The van der Waals surface area contributed by atoms with Gasteiger partial charge in [0.05, 0.1) is 37.5 Å². The van der Waals surface area contributed by atoms with Crippen molar-refractivity contribution in [3.63, 3.8) is 0 Å². The van der Waals surface area contributed by atoms with Crippen molar-refractivity contribution in [2.45, 2.75) is 265 Å². The number of rotatable bonds is 24. The Morgan fingerprint density at radius 1 is 0.238 bits per heavy atom. The molecule has 0 amide bonds. The van der Waals surface area contributed by atoms with Gasteiger partial charge >= 0.3 is 0 Å². The molecular weight excluding hydrogens is 1750 g/mol. The summed E-state index contributed by atoms with van der Waals surface area (Å²) >= 11 is 0. The summed E-state index contributed by atoms with van der Waals surface area (Å²) in [6.07, 6.45) is 7.55. The van der Waals surface area contributed by atoms with Crippen LogP contribution in [0.15, 0.2) is 218 Å². The van der Waals surface area contributed by atoms with E-state index in [-0.39, 0.29) is 23.1 Å². The average Bonchev–Trinajstić information content (AvgIpc) is 0.802. The van der Waals surface area contributed by atoms with Crippen molar-refractivity contribution < 1.29 is 38.9 Å². The molecule has 130 heavy (non-hydrogen) atoms. The summed E-state index contributed by atoms with van der Waals surface area (Å²) in [4.78, 5) is 55.7. The molecule has 0 aliphatic carbocycles. The van der Waals surface area contributed by atoms with Gasteiger partial charge in [0.2, 0.25) is 0 Å². The Balaban J connectivity index is 0. The predicted octanol–water partition coefficient (Wildman–Crippen LogP) is 30.5. The molecule has 2 aliphatic rings. The van der Waals surface area contributed by atoms with Crippen LogP contribution >= 0.6 is 73.9 Å². The first-order valence-corrected chi connectivity index (χ1v) is 54.1. The van der Waals surface area contributed by atoms with Crippen LogP contribution in [-0.2, 0) is 58.8 Å². The Labute approximate surface area is 810 Å². The molecular formula is C112H170N2O8P8. The minimum absolute atomic E-state index is 0.155. The Morgan fingerprint density at radius 3 is 0.585 bits per heavy atom. The van der Waals surface area contributed by atoms with Crippen molar-refractivity contribution in [2.24, 2.45) is 0 Å². The largest absolute Gasteiger partial charge is 0.382 e. The molecule has 10 aromatic carbocycles. The van der Waals surface area contributed by atoms with Crippen LogP contribution in [0, 0.1) is 0 Å². The van der Waals surface area contributed by atoms with Crippen molar-refractivity contribution >= 4 is 97.1 Å². The van der Waals surface area contributed by atoms with Gasteiger partial charge in [-0.15, -0.1) is 73.9 Å². The van der Waals surface area contributed by atoms with Gasteiger partial charge < -0.3 is 19.7 Å². The van der Waals surface area contributed by atoms with Gasteiger partial charge in [-0.1, -0.05) is 333 Å². The van der Waals surface area contributed by atoms with Gasteiger partial charge in [-0.25, -0.2) is 0 Å².